The Labute approximate surface area is 122 Å². The zero-order chi connectivity index (χ0) is 14.7. The van der Waals surface area contributed by atoms with Crippen LogP contribution < -0.4 is 5.32 Å². The summed E-state index contributed by atoms with van der Waals surface area (Å²) in [6, 6.07) is 11.5. The van der Waals surface area contributed by atoms with Gasteiger partial charge in [-0.25, -0.2) is 4.68 Å². The van der Waals surface area contributed by atoms with E-state index in [4.69, 9.17) is 0 Å². The molecule has 0 aliphatic rings. The highest BCUT2D eigenvalue weighted by Crippen LogP contribution is 2.09. The molecule has 1 N–H and O–H groups in total. The number of carbonyl (C=O) groups is 1. The first-order chi connectivity index (χ1) is 10.2. The molecule has 0 bridgehead atoms. The first-order valence-electron chi connectivity index (χ1n) is 6.61. The molecule has 2 aromatic heterocycles. The molecule has 0 saturated heterocycles. The number of carbonyl (C=O) groups excluding carboxylic acids is 1. The van der Waals surface area contributed by atoms with Crippen LogP contribution in [-0.2, 0) is 11.3 Å². The van der Waals surface area contributed by atoms with Gasteiger partial charge < -0.3 is 5.32 Å². The van der Waals surface area contributed by atoms with Gasteiger partial charge in [0.2, 0.25) is 5.91 Å². The average molecular weight is 281 g/mol. The highest BCUT2D eigenvalue weighted by Gasteiger charge is 2.07. The van der Waals surface area contributed by atoms with E-state index in [1.165, 1.54) is 0 Å². The lowest BCUT2D eigenvalue weighted by molar-refractivity contribution is -0.116. The van der Waals surface area contributed by atoms with E-state index in [-0.39, 0.29) is 12.5 Å². The lowest BCUT2D eigenvalue weighted by Crippen LogP contribution is -2.19. The van der Waals surface area contributed by atoms with Crippen molar-refractivity contribution >= 4 is 11.7 Å². The van der Waals surface area contributed by atoms with Crippen molar-refractivity contribution < 1.29 is 4.79 Å². The number of anilines is 1. The van der Waals surface area contributed by atoms with Gasteiger partial charge in [-0.2, -0.15) is 10.2 Å². The summed E-state index contributed by atoms with van der Waals surface area (Å²) in [7, 11) is 0. The normalized spacial score (nSPS) is 10.5. The maximum Gasteiger partial charge on any atom is 0.247 e. The molecular formula is C15H15N5O. The molecule has 3 aromatic rings. The van der Waals surface area contributed by atoms with Crippen LogP contribution in [0.1, 0.15) is 5.56 Å². The third-order valence-electron chi connectivity index (χ3n) is 2.95. The molecule has 106 valence electrons. The topological polar surface area (TPSA) is 64.7 Å². The van der Waals surface area contributed by atoms with Crippen LogP contribution in [0.5, 0.6) is 0 Å². The number of nitrogens with one attached hydrogen (secondary N) is 1. The van der Waals surface area contributed by atoms with Gasteiger partial charge in [0, 0.05) is 18.5 Å². The monoisotopic (exact) mass is 281 g/mol. The van der Waals surface area contributed by atoms with E-state index >= 15 is 0 Å². The van der Waals surface area contributed by atoms with Crippen molar-refractivity contribution in [3.63, 3.8) is 0 Å². The fourth-order valence-electron chi connectivity index (χ4n) is 2.00. The maximum absolute atomic E-state index is 11.9. The summed E-state index contributed by atoms with van der Waals surface area (Å²) in [5.41, 5.74) is 1.97. The number of amides is 1. The van der Waals surface area contributed by atoms with Crippen molar-refractivity contribution in [2.24, 2.45) is 0 Å². The molecule has 0 saturated carbocycles. The van der Waals surface area contributed by atoms with E-state index in [2.05, 4.69) is 15.5 Å². The van der Waals surface area contributed by atoms with Crippen molar-refractivity contribution in [3.8, 4) is 5.69 Å². The molecule has 2 heterocycles. The second kappa shape index (κ2) is 5.62. The maximum atomic E-state index is 11.9. The Morgan fingerprint density at radius 3 is 2.76 bits per heavy atom. The molecule has 0 fully saturated rings. The van der Waals surface area contributed by atoms with Crippen LogP contribution in [0.3, 0.4) is 0 Å². The van der Waals surface area contributed by atoms with E-state index in [1.54, 1.807) is 21.6 Å². The highest BCUT2D eigenvalue weighted by atomic mass is 16.2. The number of nitrogens with zero attached hydrogens (tertiary/aromatic N) is 4. The van der Waals surface area contributed by atoms with Gasteiger partial charge in [0.25, 0.3) is 0 Å². The number of aromatic nitrogens is 4. The van der Waals surface area contributed by atoms with Crippen LogP contribution in [0.4, 0.5) is 5.82 Å². The van der Waals surface area contributed by atoms with Crippen molar-refractivity contribution in [1.29, 1.82) is 0 Å². The Balaban J connectivity index is 1.66. The smallest absolute Gasteiger partial charge is 0.247 e. The zero-order valence-electron chi connectivity index (χ0n) is 11.6. The predicted molar refractivity (Wildman–Crippen MR) is 79.2 cm³/mol. The summed E-state index contributed by atoms with van der Waals surface area (Å²) in [6.07, 6.45) is 5.35. The number of hydrogen-bond acceptors (Lipinski definition) is 3. The molecule has 0 aliphatic heterocycles. The Bertz CT molecular complexity index is 744. The molecule has 0 atom stereocenters. The second-order valence-electron chi connectivity index (χ2n) is 4.74. The van der Waals surface area contributed by atoms with E-state index in [0.29, 0.717) is 5.82 Å². The van der Waals surface area contributed by atoms with Gasteiger partial charge in [-0.15, -0.1) is 0 Å². The minimum atomic E-state index is -0.156. The van der Waals surface area contributed by atoms with E-state index in [1.807, 2.05) is 49.6 Å². The summed E-state index contributed by atoms with van der Waals surface area (Å²) >= 11 is 0. The predicted octanol–water partition coefficient (Wildman–Crippen LogP) is 2.02. The van der Waals surface area contributed by atoms with Gasteiger partial charge >= 0.3 is 0 Å². The lowest BCUT2D eigenvalue weighted by atomic mass is 10.3. The lowest BCUT2D eigenvalue weighted by Gasteiger charge is -2.03. The third kappa shape index (κ3) is 3.17. The summed E-state index contributed by atoms with van der Waals surface area (Å²) in [5.74, 6) is 0.365. The van der Waals surface area contributed by atoms with Crippen molar-refractivity contribution in [1.82, 2.24) is 19.6 Å². The summed E-state index contributed by atoms with van der Waals surface area (Å²) < 4.78 is 3.31. The van der Waals surface area contributed by atoms with Gasteiger partial charge in [0.15, 0.2) is 5.82 Å². The summed E-state index contributed by atoms with van der Waals surface area (Å²) in [4.78, 5) is 11.9. The molecule has 0 unspecified atom stereocenters. The number of hydrogen-bond donors (Lipinski definition) is 1. The minimum Gasteiger partial charge on any atom is -0.308 e. The molecule has 0 spiro atoms. The summed E-state index contributed by atoms with van der Waals surface area (Å²) in [5, 5.41) is 11.2. The van der Waals surface area contributed by atoms with Crippen molar-refractivity contribution in [2.45, 2.75) is 13.5 Å². The Morgan fingerprint density at radius 1 is 1.24 bits per heavy atom. The first-order valence-corrected chi connectivity index (χ1v) is 6.61. The fraction of sp³-hybridized carbons (Fsp3) is 0.133. The second-order valence-corrected chi connectivity index (χ2v) is 4.74. The van der Waals surface area contributed by atoms with E-state index in [0.717, 1.165) is 11.3 Å². The largest absolute Gasteiger partial charge is 0.308 e. The molecule has 1 amide bonds. The minimum absolute atomic E-state index is 0.156. The van der Waals surface area contributed by atoms with Gasteiger partial charge in [-0.1, -0.05) is 18.2 Å². The van der Waals surface area contributed by atoms with Gasteiger partial charge in [-0.3, -0.25) is 9.48 Å². The van der Waals surface area contributed by atoms with Crippen LogP contribution >= 0.6 is 0 Å². The molecule has 6 nitrogen and oxygen atoms in total. The summed E-state index contributed by atoms with van der Waals surface area (Å²) in [6.45, 7) is 2.11. The molecule has 21 heavy (non-hydrogen) atoms. The number of aryl methyl sites for hydroxylation is 1. The van der Waals surface area contributed by atoms with Crippen molar-refractivity contribution in [3.05, 3.63) is 60.6 Å². The van der Waals surface area contributed by atoms with Crippen LogP contribution in [0.15, 0.2) is 55.0 Å². The number of benzene rings is 1. The molecule has 6 heteroatoms. The van der Waals surface area contributed by atoms with Crippen molar-refractivity contribution in [2.75, 3.05) is 5.32 Å². The van der Waals surface area contributed by atoms with Crippen LogP contribution in [-0.4, -0.2) is 25.5 Å². The molecule has 0 aliphatic carbocycles. The quantitative estimate of drug-likeness (QED) is 0.795. The Morgan fingerprint density at radius 2 is 2.05 bits per heavy atom. The molecule has 1 aromatic carbocycles. The Hall–Kier alpha value is -2.89. The first kappa shape index (κ1) is 13.1. The standard InChI is InChI=1S/C15H15N5O/c1-12-9-16-19(10-12)11-15(21)17-14-7-8-20(18-14)13-5-3-2-4-6-13/h2-10H,11H2,1H3,(H,17,18,21). The average Bonchev–Trinajstić information content (AvgIpc) is 3.09. The van der Waals surface area contributed by atoms with E-state index in [9.17, 15) is 4.79 Å². The highest BCUT2D eigenvalue weighted by molar-refractivity contribution is 5.89. The fourth-order valence-corrected chi connectivity index (χ4v) is 2.00. The molecule has 3 rings (SSSR count). The zero-order valence-corrected chi connectivity index (χ0v) is 11.6. The SMILES string of the molecule is Cc1cnn(CC(=O)Nc2ccn(-c3ccccc3)n2)c1. The number of rotatable bonds is 4. The number of para-hydroxylation sites is 1. The van der Waals surface area contributed by atoms with Crippen LogP contribution in [0.25, 0.3) is 5.69 Å². The third-order valence-corrected chi connectivity index (χ3v) is 2.95. The van der Waals surface area contributed by atoms with Gasteiger partial charge in [-0.05, 0) is 24.6 Å². The van der Waals surface area contributed by atoms with Crippen LogP contribution in [0, 0.1) is 6.92 Å². The molecular weight excluding hydrogens is 266 g/mol. The van der Waals surface area contributed by atoms with Gasteiger partial charge in [0.1, 0.15) is 6.54 Å². The van der Waals surface area contributed by atoms with Crippen LogP contribution in [0.2, 0.25) is 0 Å². The Kier molecular flexibility index (Phi) is 3.51. The van der Waals surface area contributed by atoms with Gasteiger partial charge in [0.05, 0.1) is 11.9 Å². The molecule has 0 radical (unpaired) electrons. The van der Waals surface area contributed by atoms with E-state index < -0.39 is 0 Å².